The van der Waals surface area contributed by atoms with Crippen molar-refractivity contribution in [1.82, 2.24) is 19.7 Å². The van der Waals surface area contributed by atoms with Gasteiger partial charge in [-0.1, -0.05) is 32.4 Å². The first-order chi connectivity index (χ1) is 14.5. The summed E-state index contributed by atoms with van der Waals surface area (Å²) in [5.41, 5.74) is 4.92. The van der Waals surface area contributed by atoms with Gasteiger partial charge in [-0.2, -0.15) is 0 Å². The zero-order valence-corrected chi connectivity index (χ0v) is 19.6. The normalized spacial score (nSPS) is 12.4. The van der Waals surface area contributed by atoms with E-state index in [4.69, 9.17) is 22.1 Å². The summed E-state index contributed by atoms with van der Waals surface area (Å²) in [5.74, 6) is 0.620. The minimum Gasteiger partial charge on any atom is -0.476 e. The van der Waals surface area contributed by atoms with Crippen LogP contribution in [0.3, 0.4) is 0 Å². The van der Waals surface area contributed by atoms with E-state index in [0.717, 1.165) is 0 Å². The first kappa shape index (κ1) is 23.1. The monoisotopic (exact) mass is 481 g/mol. The number of carbonyl (C=O) groups is 1. The van der Waals surface area contributed by atoms with Crippen LogP contribution in [0.15, 0.2) is 47.6 Å². The molecule has 164 valence electrons. The number of anilines is 1. The molecule has 0 aliphatic carbocycles. The molecule has 2 N–H and O–H groups in total. The average molecular weight is 482 g/mol. The van der Waals surface area contributed by atoms with E-state index < -0.39 is 22.8 Å². The summed E-state index contributed by atoms with van der Waals surface area (Å²) in [7, 11) is -5.07. The van der Waals surface area contributed by atoms with Crippen LogP contribution in [0.4, 0.5) is 5.82 Å². The third-order valence-electron chi connectivity index (χ3n) is 3.85. The van der Waals surface area contributed by atoms with Crippen molar-refractivity contribution in [3.63, 3.8) is 0 Å². The Morgan fingerprint density at radius 2 is 2.00 bits per heavy atom. The van der Waals surface area contributed by atoms with Crippen LogP contribution in [0.25, 0.3) is 5.82 Å². The number of nitrogen functional groups attached to an aromatic ring is 1. The third-order valence-corrected chi connectivity index (χ3v) is 7.81. The van der Waals surface area contributed by atoms with E-state index in [-0.39, 0.29) is 26.8 Å². The first-order valence-corrected chi connectivity index (χ1v) is 12.7. The Balaban J connectivity index is 1.77. The van der Waals surface area contributed by atoms with Crippen molar-refractivity contribution in [2.45, 2.75) is 25.7 Å². The zero-order chi connectivity index (χ0) is 22.8. The SMILES string of the molecule is CC(C)(C)COc1ccn(-c2ccc(C(=O)PS(=O)(=O)c3cccnc3N)c(Cl)n2)n1. The summed E-state index contributed by atoms with van der Waals surface area (Å²) in [6.45, 7) is 6.63. The van der Waals surface area contributed by atoms with Crippen LogP contribution >= 0.6 is 19.4 Å². The number of halogens is 1. The fraction of sp³-hybridized carbons (Fsp3) is 0.263. The van der Waals surface area contributed by atoms with Gasteiger partial charge in [0.05, 0.1) is 20.0 Å². The molecule has 0 spiro atoms. The Labute approximate surface area is 186 Å². The number of hydrogen-bond acceptors (Lipinski definition) is 8. The van der Waals surface area contributed by atoms with Crippen LogP contribution in [-0.4, -0.2) is 40.3 Å². The van der Waals surface area contributed by atoms with Gasteiger partial charge < -0.3 is 10.5 Å². The summed E-state index contributed by atoms with van der Waals surface area (Å²) in [6, 6.07) is 7.37. The molecule has 0 amide bonds. The van der Waals surface area contributed by atoms with Crippen molar-refractivity contribution in [2.24, 2.45) is 5.41 Å². The second-order valence-corrected chi connectivity index (χ2v) is 12.5. The highest BCUT2D eigenvalue weighted by molar-refractivity contribution is 8.48. The molecule has 3 rings (SSSR count). The lowest BCUT2D eigenvalue weighted by Crippen LogP contribution is -2.17. The van der Waals surface area contributed by atoms with Crippen LogP contribution in [0.1, 0.15) is 31.1 Å². The zero-order valence-electron chi connectivity index (χ0n) is 17.0. The van der Waals surface area contributed by atoms with E-state index in [0.29, 0.717) is 18.3 Å². The van der Waals surface area contributed by atoms with E-state index in [1.54, 1.807) is 12.3 Å². The molecule has 0 saturated carbocycles. The Hall–Kier alpha value is -2.55. The van der Waals surface area contributed by atoms with Gasteiger partial charge in [-0.25, -0.2) is 23.1 Å². The second kappa shape index (κ2) is 8.90. The molecule has 0 radical (unpaired) electrons. The molecule has 0 saturated heterocycles. The molecule has 3 aromatic rings. The largest absolute Gasteiger partial charge is 0.476 e. The molecule has 12 heteroatoms. The molecule has 1 atom stereocenters. The molecular formula is C19H21ClN5O4PS. The smallest absolute Gasteiger partial charge is 0.233 e. The van der Waals surface area contributed by atoms with Gasteiger partial charge in [0.15, 0.2) is 11.3 Å². The topological polar surface area (TPSA) is 130 Å². The fourth-order valence-electron chi connectivity index (χ4n) is 2.39. The number of nitrogens with zero attached hydrogens (tertiary/aromatic N) is 4. The lowest BCUT2D eigenvalue weighted by Gasteiger charge is -2.17. The molecule has 0 bridgehead atoms. The van der Waals surface area contributed by atoms with Crippen molar-refractivity contribution < 1.29 is 17.9 Å². The molecule has 3 heterocycles. The predicted molar refractivity (Wildman–Crippen MR) is 120 cm³/mol. The highest BCUT2D eigenvalue weighted by Crippen LogP contribution is 2.36. The first-order valence-electron chi connectivity index (χ1n) is 9.09. The van der Waals surface area contributed by atoms with Crippen molar-refractivity contribution >= 4 is 40.2 Å². The maximum atomic E-state index is 12.6. The van der Waals surface area contributed by atoms with Gasteiger partial charge in [-0.05, 0) is 29.7 Å². The average Bonchev–Trinajstić information content (AvgIpc) is 3.14. The van der Waals surface area contributed by atoms with Gasteiger partial charge in [-0.15, -0.1) is 5.10 Å². The van der Waals surface area contributed by atoms with Gasteiger partial charge in [0.25, 0.3) is 0 Å². The van der Waals surface area contributed by atoms with Gasteiger partial charge >= 0.3 is 0 Å². The molecule has 0 aliphatic heterocycles. The Kier molecular flexibility index (Phi) is 6.64. The molecule has 9 nitrogen and oxygen atoms in total. The number of nitrogens with two attached hydrogens (primary N) is 1. The van der Waals surface area contributed by atoms with Crippen molar-refractivity contribution in [2.75, 3.05) is 12.3 Å². The van der Waals surface area contributed by atoms with E-state index in [1.165, 1.54) is 35.1 Å². The van der Waals surface area contributed by atoms with Crippen LogP contribution in [0.2, 0.25) is 5.15 Å². The quantitative estimate of drug-likeness (QED) is 0.400. The van der Waals surface area contributed by atoms with Gasteiger partial charge in [-0.3, -0.25) is 4.79 Å². The summed E-state index contributed by atoms with van der Waals surface area (Å²) in [4.78, 5) is 20.3. The van der Waals surface area contributed by atoms with E-state index >= 15 is 0 Å². The van der Waals surface area contributed by atoms with E-state index in [9.17, 15) is 13.2 Å². The lowest BCUT2D eigenvalue weighted by atomic mass is 9.99. The molecule has 0 fully saturated rings. The van der Waals surface area contributed by atoms with Crippen LogP contribution < -0.4 is 10.5 Å². The van der Waals surface area contributed by atoms with Gasteiger partial charge in [0, 0.05) is 18.5 Å². The Morgan fingerprint density at radius 3 is 2.65 bits per heavy atom. The number of ether oxygens (including phenoxy) is 1. The molecule has 3 aromatic heterocycles. The van der Waals surface area contributed by atoms with Crippen LogP contribution in [0.5, 0.6) is 5.88 Å². The summed E-state index contributed by atoms with van der Waals surface area (Å²) < 4.78 is 32.2. The maximum Gasteiger partial charge on any atom is 0.233 e. The maximum absolute atomic E-state index is 12.6. The number of aromatic nitrogens is 4. The molecule has 0 aliphatic rings. The summed E-state index contributed by atoms with van der Waals surface area (Å²) >= 11 is 6.18. The van der Waals surface area contributed by atoms with Crippen molar-refractivity contribution in [1.29, 1.82) is 0 Å². The molecular weight excluding hydrogens is 461 g/mol. The van der Waals surface area contributed by atoms with Crippen LogP contribution in [-0.2, 0) is 9.46 Å². The fourth-order valence-corrected chi connectivity index (χ4v) is 5.86. The molecule has 0 aromatic carbocycles. The van der Waals surface area contributed by atoms with Gasteiger partial charge in [0.1, 0.15) is 15.9 Å². The second-order valence-electron chi connectivity index (χ2n) is 7.78. The Bertz CT molecular complexity index is 1220. The molecule has 31 heavy (non-hydrogen) atoms. The minimum absolute atomic E-state index is 0.00820. The summed E-state index contributed by atoms with van der Waals surface area (Å²) in [6.07, 6.45) is 3.02. The highest BCUT2D eigenvalue weighted by Gasteiger charge is 2.25. The lowest BCUT2D eigenvalue weighted by molar-refractivity contribution is 0.108. The predicted octanol–water partition coefficient (Wildman–Crippen LogP) is 3.53. The highest BCUT2D eigenvalue weighted by atomic mass is 35.5. The van der Waals surface area contributed by atoms with E-state index in [2.05, 4.69) is 15.1 Å². The molecule has 1 unspecified atom stereocenters. The Morgan fingerprint density at radius 1 is 1.26 bits per heavy atom. The minimum atomic E-state index is -3.96. The van der Waals surface area contributed by atoms with Gasteiger partial charge in [0.2, 0.25) is 15.3 Å². The third kappa shape index (κ3) is 5.78. The number of rotatable bonds is 7. The van der Waals surface area contributed by atoms with Crippen molar-refractivity contribution in [3.05, 3.63) is 53.4 Å². The summed E-state index contributed by atoms with van der Waals surface area (Å²) in [5, 5.41) is 4.15. The number of carbonyl (C=O) groups excluding carboxylic acids is 1. The van der Waals surface area contributed by atoms with E-state index in [1.807, 2.05) is 20.8 Å². The number of hydrogen-bond donors (Lipinski definition) is 1. The van der Waals surface area contributed by atoms with Crippen molar-refractivity contribution in [3.8, 4) is 11.7 Å². The number of pyridine rings is 2. The van der Waals surface area contributed by atoms with Crippen LogP contribution in [0, 0.1) is 5.41 Å². The standard InChI is InChI=1S/C19H21ClN5O4PS/c1-19(2,3)11-29-15-8-10-25(24-15)14-7-6-12(16(20)23-14)18(26)30-31(27,28)13-5-4-9-22-17(13)21/h4-10,30H,11H2,1-3H3,(H2,21,22).